The monoisotopic (exact) mass is 281 g/mol. The van der Waals surface area contributed by atoms with Crippen molar-refractivity contribution in [3.05, 3.63) is 11.7 Å². The molecule has 2 rings (SSSR count). The summed E-state index contributed by atoms with van der Waals surface area (Å²) in [6, 6.07) is -0.131. The summed E-state index contributed by atoms with van der Waals surface area (Å²) >= 11 is 0. The van der Waals surface area contributed by atoms with E-state index in [9.17, 15) is 13.2 Å². The maximum absolute atomic E-state index is 11.9. The Morgan fingerprint density at radius 2 is 2.26 bits per heavy atom. The fourth-order valence-corrected chi connectivity index (χ4v) is 1.80. The number of rotatable bonds is 5. The molecule has 0 saturated carbocycles. The number of hydrogen-bond donors (Lipinski definition) is 1. The molecule has 2 heterocycles. The van der Waals surface area contributed by atoms with Crippen LogP contribution in [0.3, 0.4) is 0 Å². The largest absolute Gasteiger partial charge is 0.411 e. The van der Waals surface area contributed by atoms with Crippen LogP contribution in [0.5, 0.6) is 0 Å². The lowest BCUT2D eigenvalue weighted by Crippen LogP contribution is -2.17. The lowest BCUT2D eigenvalue weighted by Gasteiger charge is -2.05. The molecule has 2 atom stereocenters. The van der Waals surface area contributed by atoms with Crippen LogP contribution in [0.4, 0.5) is 13.2 Å². The van der Waals surface area contributed by atoms with Gasteiger partial charge in [-0.05, 0) is 6.42 Å². The molecule has 0 spiro atoms. The fourth-order valence-electron chi connectivity index (χ4n) is 1.80. The van der Waals surface area contributed by atoms with Gasteiger partial charge in [-0.3, -0.25) is 0 Å². The van der Waals surface area contributed by atoms with Crippen molar-refractivity contribution in [3.8, 4) is 0 Å². The summed E-state index contributed by atoms with van der Waals surface area (Å²) < 4.78 is 50.2. The zero-order valence-corrected chi connectivity index (χ0v) is 10.2. The minimum absolute atomic E-state index is 0.0711. The number of nitrogens with one attached hydrogen (secondary N) is 1. The normalized spacial score (nSPS) is 24.0. The van der Waals surface area contributed by atoms with Crippen molar-refractivity contribution in [2.75, 3.05) is 20.3 Å². The van der Waals surface area contributed by atoms with E-state index in [0.717, 1.165) is 0 Å². The van der Waals surface area contributed by atoms with Gasteiger partial charge in [0, 0.05) is 13.7 Å². The Balaban J connectivity index is 1.82. The summed E-state index contributed by atoms with van der Waals surface area (Å²) in [6.45, 7) is -0.989. The number of hydrogen-bond acceptors (Lipinski definition) is 6. The number of ether oxygens (including phenoxy) is 2. The van der Waals surface area contributed by atoms with Crippen LogP contribution in [0.2, 0.25) is 0 Å². The van der Waals surface area contributed by atoms with Crippen molar-refractivity contribution in [1.82, 2.24) is 15.5 Å². The third kappa shape index (κ3) is 4.15. The summed E-state index contributed by atoms with van der Waals surface area (Å²) in [6.07, 6.45) is -3.60. The number of halogens is 3. The van der Waals surface area contributed by atoms with E-state index >= 15 is 0 Å². The van der Waals surface area contributed by atoms with Crippen LogP contribution < -0.4 is 5.32 Å². The van der Waals surface area contributed by atoms with Crippen molar-refractivity contribution in [1.29, 1.82) is 0 Å². The summed E-state index contributed by atoms with van der Waals surface area (Å²) in [4.78, 5) is 3.99. The molecule has 1 fully saturated rings. The second-order valence-corrected chi connectivity index (χ2v) is 4.21. The van der Waals surface area contributed by atoms with Gasteiger partial charge in [-0.15, -0.1) is 0 Å². The SMILES string of the molecule is COC1CNC(c2nc(COCC(F)(F)F)no2)C1. The highest BCUT2D eigenvalue weighted by Gasteiger charge is 2.30. The molecule has 1 aromatic heterocycles. The first-order valence-corrected chi connectivity index (χ1v) is 5.71. The van der Waals surface area contributed by atoms with Gasteiger partial charge in [-0.2, -0.15) is 18.2 Å². The molecule has 6 nitrogen and oxygen atoms in total. The van der Waals surface area contributed by atoms with E-state index in [1.165, 1.54) is 0 Å². The number of nitrogens with zero attached hydrogens (tertiary/aromatic N) is 2. The minimum Gasteiger partial charge on any atom is -0.380 e. The molecule has 1 aliphatic rings. The van der Waals surface area contributed by atoms with E-state index in [-0.39, 0.29) is 24.6 Å². The fraction of sp³-hybridized carbons (Fsp3) is 0.800. The van der Waals surface area contributed by atoms with Crippen molar-refractivity contribution >= 4 is 0 Å². The highest BCUT2D eigenvalue weighted by molar-refractivity contribution is 4.97. The van der Waals surface area contributed by atoms with E-state index in [4.69, 9.17) is 9.26 Å². The van der Waals surface area contributed by atoms with E-state index in [1.54, 1.807) is 7.11 Å². The third-order valence-electron chi connectivity index (χ3n) is 2.70. The Bertz CT molecular complexity index is 410. The van der Waals surface area contributed by atoms with E-state index < -0.39 is 12.8 Å². The maximum Gasteiger partial charge on any atom is 0.411 e. The van der Waals surface area contributed by atoms with Gasteiger partial charge in [0.25, 0.3) is 0 Å². The molecule has 1 aliphatic heterocycles. The van der Waals surface area contributed by atoms with Crippen molar-refractivity contribution in [3.63, 3.8) is 0 Å². The molecular weight excluding hydrogens is 267 g/mol. The molecule has 0 amide bonds. The van der Waals surface area contributed by atoms with Gasteiger partial charge in [0.2, 0.25) is 5.89 Å². The number of alkyl halides is 3. The Labute approximate surface area is 107 Å². The van der Waals surface area contributed by atoms with Gasteiger partial charge in [0.15, 0.2) is 5.82 Å². The molecule has 2 unspecified atom stereocenters. The molecule has 1 N–H and O–H groups in total. The Kier molecular flexibility index (Phi) is 4.38. The number of aromatic nitrogens is 2. The molecule has 108 valence electrons. The van der Waals surface area contributed by atoms with Crippen molar-refractivity contribution in [2.45, 2.75) is 31.3 Å². The van der Waals surface area contributed by atoms with Crippen LogP contribution in [0, 0.1) is 0 Å². The zero-order valence-electron chi connectivity index (χ0n) is 10.2. The highest BCUT2D eigenvalue weighted by atomic mass is 19.4. The first-order valence-electron chi connectivity index (χ1n) is 5.71. The van der Waals surface area contributed by atoms with E-state index in [1.807, 2.05) is 0 Å². The Morgan fingerprint density at radius 3 is 2.89 bits per heavy atom. The minimum atomic E-state index is -4.36. The predicted molar refractivity (Wildman–Crippen MR) is 56.2 cm³/mol. The van der Waals surface area contributed by atoms with Gasteiger partial charge in [0.1, 0.15) is 13.2 Å². The topological polar surface area (TPSA) is 69.4 Å². The van der Waals surface area contributed by atoms with Gasteiger partial charge in [-0.25, -0.2) is 0 Å². The van der Waals surface area contributed by atoms with Crippen LogP contribution >= 0.6 is 0 Å². The maximum atomic E-state index is 11.9. The van der Waals surface area contributed by atoms with Crippen LogP contribution in [-0.4, -0.2) is 42.7 Å². The van der Waals surface area contributed by atoms with Crippen molar-refractivity contribution in [2.24, 2.45) is 0 Å². The Hall–Kier alpha value is -1.19. The molecule has 0 radical (unpaired) electrons. The second kappa shape index (κ2) is 5.85. The van der Waals surface area contributed by atoms with Crippen LogP contribution in [0.1, 0.15) is 24.2 Å². The van der Waals surface area contributed by atoms with Crippen LogP contribution in [0.25, 0.3) is 0 Å². The molecular formula is C10H14F3N3O3. The lowest BCUT2D eigenvalue weighted by molar-refractivity contribution is -0.177. The summed E-state index contributed by atoms with van der Waals surface area (Å²) in [5.74, 6) is 0.437. The number of methoxy groups -OCH3 is 1. The second-order valence-electron chi connectivity index (χ2n) is 4.21. The standard InChI is InChI=1S/C10H14F3N3O3/c1-17-6-2-7(14-3-6)9-15-8(16-19-9)4-18-5-10(11,12)13/h6-7,14H,2-5H2,1H3. The van der Waals surface area contributed by atoms with Gasteiger partial charge >= 0.3 is 6.18 Å². The molecule has 1 aromatic rings. The summed E-state index contributed by atoms with van der Waals surface area (Å²) in [5.41, 5.74) is 0. The van der Waals surface area contributed by atoms with Crippen molar-refractivity contribution < 1.29 is 27.2 Å². The van der Waals surface area contributed by atoms with Gasteiger partial charge in [-0.1, -0.05) is 5.16 Å². The average molecular weight is 281 g/mol. The predicted octanol–water partition coefficient (Wildman–Crippen LogP) is 1.20. The summed E-state index contributed by atoms with van der Waals surface area (Å²) in [5, 5.41) is 6.70. The Morgan fingerprint density at radius 1 is 1.47 bits per heavy atom. The highest BCUT2D eigenvalue weighted by Crippen LogP contribution is 2.23. The third-order valence-corrected chi connectivity index (χ3v) is 2.70. The van der Waals surface area contributed by atoms with E-state index in [2.05, 4.69) is 20.2 Å². The smallest absolute Gasteiger partial charge is 0.380 e. The molecule has 1 saturated heterocycles. The van der Waals surface area contributed by atoms with Crippen LogP contribution in [-0.2, 0) is 16.1 Å². The molecule has 19 heavy (non-hydrogen) atoms. The quantitative estimate of drug-likeness (QED) is 0.874. The zero-order chi connectivity index (χ0) is 13.9. The lowest BCUT2D eigenvalue weighted by atomic mass is 10.2. The van der Waals surface area contributed by atoms with Gasteiger partial charge in [0.05, 0.1) is 12.1 Å². The molecule has 0 aromatic carbocycles. The summed E-state index contributed by atoms with van der Waals surface area (Å²) in [7, 11) is 1.61. The molecule has 0 bridgehead atoms. The van der Waals surface area contributed by atoms with Gasteiger partial charge < -0.3 is 19.3 Å². The van der Waals surface area contributed by atoms with E-state index in [0.29, 0.717) is 18.9 Å². The molecule has 0 aliphatic carbocycles. The average Bonchev–Trinajstić information content (AvgIpc) is 2.94. The first kappa shape index (κ1) is 14.2. The molecule has 9 heteroatoms. The first-order chi connectivity index (χ1) is 8.98. The van der Waals surface area contributed by atoms with Crippen LogP contribution in [0.15, 0.2) is 4.52 Å².